The third-order valence-corrected chi connectivity index (χ3v) is 4.73. The van der Waals surface area contributed by atoms with E-state index in [4.69, 9.17) is 9.47 Å². The Morgan fingerprint density at radius 2 is 1.57 bits per heavy atom. The minimum absolute atomic E-state index is 0.00134. The smallest absolute Gasteiger partial charge is 0.309 e. The molecule has 0 aromatic heterocycles. The quantitative estimate of drug-likeness (QED) is 0.737. The van der Waals surface area contributed by atoms with Crippen molar-refractivity contribution in [2.24, 2.45) is 0 Å². The molecule has 0 spiro atoms. The summed E-state index contributed by atoms with van der Waals surface area (Å²) >= 11 is 0. The minimum atomic E-state index is -0.600. The number of ether oxygens (including phenoxy) is 2. The van der Waals surface area contributed by atoms with E-state index in [-0.39, 0.29) is 44.4 Å². The summed E-state index contributed by atoms with van der Waals surface area (Å²) in [4.78, 5) is 49.6. The van der Waals surface area contributed by atoms with E-state index in [1.165, 1.54) is 0 Å². The van der Waals surface area contributed by atoms with Gasteiger partial charge >= 0.3 is 11.9 Å². The average Bonchev–Trinajstić information content (AvgIpc) is 2.74. The Hall–Kier alpha value is -2.90. The number of hydrogen-bond acceptors (Lipinski definition) is 6. The van der Waals surface area contributed by atoms with Crippen molar-refractivity contribution in [3.8, 4) is 0 Å². The SMILES string of the molecule is O=C1COC(=O)CCOC(=O)CCN(Cc2ccccc2)C(=O)CCCCCCN1. The topological polar surface area (TPSA) is 102 Å². The van der Waals surface area contributed by atoms with Gasteiger partial charge in [-0.05, 0) is 18.4 Å². The number of rotatable bonds is 2. The van der Waals surface area contributed by atoms with Gasteiger partial charge in [0.2, 0.25) is 5.91 Å². The summed E-state index contributed by atoms with van der Waals surface area (Å²) in [7, 11) is 0. The molecule has 0 unspecified atom stereocenters. The molecule has 1 aromatic rings. The first kappa shape index (κ1) is 23.4. The fourth-order valence-corrected chi connectivity index (χ4v) is 3.05. The van der Waals surface area contributed by atoms with Crippen molar-refractivity contribution in [1.82, 2.24) is 10.2 Å². The third-order valence-electron chi connectivity index (χ3n) is 4.73. The van der Waals surface area contributed by atoms with Gasteiger partial charge in [0.25, 0.3) is 5.91 Å². The lowest BCUT2D eigenvalue weighted by Crippen LogP contribution is -2.32. The van der Waals surface area contributed by atoms with Crippen molar-refractivity contribution in [1.29, 1.82) is 0 Å². The number of nitrogens with one attached hydrogen (secondary N) is 1. The molecule has 0 aliphatic carbocycles. The molecule has 0 radical (unpaired) electrons. The zero-order valence-electron chi connectivity index (χ0n) is 17.3. The molecular weight excluding hydrogens is 388 g/mol. The number of amides is 2. The molecule has 8 nitrogen and oxygen atoms in total. The van der Waals surface area contributed by atoms with Crippen LogP contribution in [0.5, 0.6) is 0 Å². The summed E-state index contributed by atoms with van der Waals surface area (Å²) in [5.74, 6) is -1.44. The number of nitrogens with zero attached hydrogens (tertiary/aromatic N) is 1. The number of hydrogen-bond donors (Lipinski definition) is 1. The highest BCUT2D eigenvalue weighted by atomic mass is 16.5. The summed E-state index contributed by atoms with van der Waals surface area (Å²) < 4.78 is 9.92. The molecule has 0 bridgehead atoms. The molecule has 1 N–H and O–H groups in total. The Kier molecular flexibility index (Phi) is 10.4. The first-order chi connectivity index (χ1) is 14.5. The Morgan fingerprint density at radius 3 is 2.37 bits per heavy atom. The Bertz CT molecular complexity index is 707. The molecule has 164 valence electrons. The summed E-state index contributed by atoms with van der Waals surface area (Å²) in [5, 5.41) is 2.69. The molecule has 1 fully saturated rings. The van der Waals surface area contributed by atoms with Gasteiger partial charge in [-0.25, -0.2) is 0 Å². The molecule has 0 saturated carbocycles. The first-order valence-electron chi connectivity index (χ1n) is 10.4. The lowest BCUT2D eigenvalue weighted by atomic mass is 10.1. The predicted molar refractivity (Wildman–Crippen MR) is 109 cm³/mol. The second-order valence-electron chi connectivity index (χ2n) is 7.20. The van der Waals surface area contributed by atoms with Crippen LogP contribution in [0.3, 0.4) is 0 Å². The van der Waals surface area contributed by atoms with E-state index in [0.717, 1.165) is 31.2 Å². The Morgan fingerprint density at radius 1 is 0.833 bits per heavy atom. The van der Waals surface area contributed by atoms with E-state index >= 15 is 0 Å². The Labute approximate surface area is 176 Å². The van der Waals surface area contributed by atoms with Crippen LogP contribution in [0.15, 0.2) is 30.3 Å². The van der Waals surface area contributed by atoms with Gasteiger partial charge in [-0.15, -0.1) is 0 Å². The summed E-state index contributed by atoms with van der Waals surface area (Å²) in [6.45, 7) is 0.741. The second-order valence-corrected chi connectivity index (χ2v) is 7.20. The Balaban J connectivity index is 1.94. The average molecular weight is 418 g/mol. The van der Waals surface area contributed by atoms with E-state index in [1.807, 2.05) is 30.3 Å². The lowest BCUT2D eigenvalue weighted by molar-refractivity contribution is -0.152. The van der Waals surface area contributed by atoms with E-state index in [0.29, 0.717) is 19.5 Å². The number of benzene rings is 1. The summed E-state index contributed by atoms with van der Waals surface area (Å²) in [6, 6.07) is 9.63. The highest BCUT2D eigenvalue weighted by molar-refractivity contribution is 5.80. The van der Waals surface area contributed by atoms with Crippen LogP contribution in [-0.2, 0) is 35.2 Å². The highest BCUT2D eigenvalue weighted by Gasteiger charge is 2.17. The number of carbonyl (C=O) groups excluding carboxylic acids is 4. The third kappa shape index (κ3) is 9.54. The van der Waals surface area contributed by atoms with Crippen LogP contribution in [0.2, 0.25) is 0 Å². The molecule has 2 rings (SSSR count). The maximum atomic E-state index is 12.7. The fourth-order valence-electron chi connectivity index (χ4n) is 3.05. The van der Waals surface area contributed by atoms with E-state index in [2.05, 4.69) is 5.32 Å². The number of esters is 2. The van der Waals surface area contributed by atoms with Crippen LogP contribution >= 0.6 is 0 Å². The van der Waals surface area contributed by atoms with Crippen molar-refractivity contribution >= 4 is 23.8 Å². The molecular formula is C22H30N2O6. The van der Waals surface area contributed by atoms with Crippen molar-refractivity contribution in [3.05, 3.63) is 35.9 Å². The molecule has 1 aliphatic rings. The van der Waals surface area contributed by atoms with Crippen LogP contribution in [0.1, 0.15) is 50.5 Å². The van der Waals surface area contributed by atoms with Crippen LogP contribution in [-0.4, -0.2) is 55.0 Å². The van der Waals surface area contributed by atoms with Crippen molar-refractivity contribution in [3.63, 3.8) is 0 Å². The molecule has 1 aromatic carbocycles. The van der Waals surface area contributed by atoms with Gasteiger partial charge in [0.15, 0.2) is 6.61 Å². The van der Waals surface area contributed by atoms with E-state index in [9.17, 15) is 19.2 Å². The van der Waals surface area contributed by atoms with Crippen LogP contribution in [0.4, 0.5) is 0 Å². The standard InChI is InChI=1S/C22H30N2O6/c25-19-17-30-22(28)12-15-29-21(27)11-14-24(16-18-8-4-3-5-9-18)20(26)10-6-1-2-7-13-23-19/h3-5,8-9H,1-2,6-7,10-17H2,(H,23,25). The maximum Gasteiger partial charge on any atom is 0.309 e. The van der Waals surface area contributed by atoms with Crippen molar-refractivity contribution in [2.45, 2.75) is 51.5 Å². The highest BCUT2D eigenvalue weighted by Crippen LogP contribution is 2.11. The van der Waals surface area contributed by atoms with Crippen LogP contribution < -0.4 is 5.32 Å². The molecule has 1 aliphatic heterocycles. The summed E-state index contributed by atoms with van der Waals surface area (Å²) in [6.07, 6.45) is 3.65. The second kappa shape index (κ2) is 13.3. The van der Waals surface area contributed by atoms with Gasteiger partial charge in [-0.2, -0.15) is 0 Å². The van der Waals surface area contributed by atoms with Gasteiger partial charge in [0, 0.05) is 26.1 Å². The molecule has 1 heterocycles. The maximum absolute atomic E-state index is 12.7. The monoisotopic (exact) mass is 418 g/mol. The number of cyclic esters (lactones) is 2. The zero-order valence-corrected chi connectivity index (χ0v) is 17.3. The lowest BCUT2D eigenvalue weighted by Gasteiger charge is -2.22. The normalized spacial score (nSPS) is 19.0. The molecule has 0 atom stereocenters. The first-order valence-corrected chi connectivity index (χ1v) is 10.4. The van der Waals surface area contributed by atoms with Crippen molar-refractivity contribution < 1.29 is 28.7 Å². The largest absolute Gasteiger partial charge is 0.465 e. The van der Waals surface area contributed by atoms with Crippen LogP contribution in [0.25, 0.3) is 0 Å². The number of carbonyl (C=O) groups is 4. The van der Waals surface area contributed by atoms with Gasteiger partial charge in [-0.1, -0.05) is 43.2 Å². The summed E-state index contributed by atoms with van der Waals surface area (Å²) in [5.41, 5.74) is 0.996. The zero-order chi connectivity index (χ0) is 21.6. The molecule has 1 saturated heterocycles. The van der Waals surface area contributed by atoms with E-state index in [1.54, 1.807) is 4.90 Å². The van der Waals surface area contributed by atoms with Crippen LogP contribution in [0, 0.1) is 0 Å². The van der Waals surface area contributed by atoms with Gasteiger partial charge in [-0.3, -0.25) is 19.2 Å². The van der Waals surface area contributed by atoms with Gasteiger partial charge in [0.05, 0.1) is 12.8 Å². The van der Waals surface area contributed by atoms with Crippen molar-refractivity contribution in [2.75, 3.05) is 26.3 Å². The molecule has 8 heteroatoms. The van der Waals surface area contributed by atoms with Gasteiger partial charge < -0.3 is 19.7 Å². The predicted octanol–water partition coefficient (Wildman–Crippen LogP) is 1.96. The molecule has 30 heavy (non-hydrogen) atoms. The molecule has 2 amide bonds. The van der Waals surface area contributed by atoms with E-state index < -0.39 is 11.9 Å². The fraction of sp³-hybridized carbons (Fsp3) is 0.545. The minimum Gasteiger partial charge on any atom is -0.465 e. The van der Waals surface area contributed by atoms with Gasteiger partial charge in [0.1, 0.15) is 6.61 Å².